The third-order valence-electron chi connectivity index (χ3n) is 3.72. The Bertz CT molecular complexity index is 610. The molecule has 1 heteroatoms. The van der Waals surface area contributed by atoms with E-state index in [1.807, 2.05) is 0 Å². The molecule has 0 aliphatic rings. The first-order chi connectivity index (χ1) is 8.60. The molecule has 0 amide bonds. The first kappa shape index (κ1) is 14.0. The highest BCUT2D eigenvalue weighted by Crippen LogP contribution is 2.31. The van der Waals surface area contributed by atoms with Crippen LogP contribution in [0, 0.1) is 6.92 Å². The molecule has 0 fully saturated rings. The molecule has 1 heterocycles. The molecule has 0 saturated carbocycles. The maximum absolute atomic E-state index is 4.83. The van der Waals surface area contributed by atoms with Gasteiger partial charge in [0, 0.05) is 16.5 Å². The Morgan fingerprint density at radius 2 is 1.42 bits per heavy atom. The third kappa shape index (κ3) is 2.65. The molecule has 0 spiro atoms. The van der Waals surface area contributed by atoms with Crippen LogP contribution < -0.4 is 0 Å². The van der Waals surface area contributed by atoms with Crippen molar-refractivity contribution in [3.63, 3.8) is 0 Å². The SMILES string of the molecule is Cc1c(C(C)(C)C)ccc2nc(C(C)(C)C)ccc12. The van der Waals surface area contributed by atoms with Gasteiger partial charge in [-0.05, 0) is 35.6 Å². The Balaban J connectivity index is 2.67. The first-order valence-corrected chi connectivity index (χ1v) is 7.02. The molecule has 0 atom stereocenters. The van der Waals surface area contributed by atoms with Crippen molar-refractivity contribution in [2.45, 2.75) is 59.3 Å². The van der Waals surface area contributed by atoms with E-state index < -0.39 is 0 Å². The molecule has 19 heavy (non-hydrogen) atoms. The fourth-order valence-corrected chi connectivity index (χ4v) is 2.58. The van der Waals surface area contributed by atoms with Gasteiger partial charge in [0.05, 0.1) is 5.52 Å². The average Bonchev–Trinajstić information content (AvgIpc) is 2.26. The Kier molecular flexibility index (Phi) is 3.20. The maximum atomic E-state index is 4.83. The van der Waals surface area contributed by atoms with Crippen molar-refractivity contribution in [2.24, 2.45) is 0 Å². The molecule has 0 N–H and O–H groups in total. The fraction of sp³-hybridized carbons (Fsp3) is 0.500. The molecule has 0 radical (unpaired) electrons. The highest BCUT2D eigenvalue weighted by Gasteiger charge is 2.19. The van der Waals surface area contributed by atoms with E-state index in [1.165, 1.54) is 16.5 Å². The minimum atomic E-state index is 0.102. The molecule has 2 rings (SSSR count). The number of aryl methyl sites for hydroxylation is 1. The van der Waals surface area contributed by atoms with Crippen molar-refractivity contribution in [1.82, 2.24) is 4.98 Å². The largest absolute Gasteiger partial charge is 0.252 e. The monoisotopic (exact) mass is 255 g/mol. The summed E-state index contributed by atoms with van der Waals surface area (Å²) in [6.07, 6.45) is 0. The summed E-state index contributed by atoms with van der Waals surface area (Å²) in [5.74, 6) is 0. The zero-order chi connectivity index (χ0) is 14.4. The van der Waals surface area contributed by atoms with Gasteiger partial charge in [-0.1, -0.05) is 53.7 Å². The quantitative estimate of drug-likeness (QED) is 0.635. The van der Waals surface area contributed by atoms with Crippen molar-refractivity contribution >= 4 is 10.9 Å². The molecular weight excluding hydrogens is 230 g/mol. The third-order valence-corrected chi connectivity index (χ3v) is 3.72. The smallest absolute Gasteiger partial charge is 0.0708 e. The normalized spacial score (nSPS) is 13.0. The van der Waals surface area contributed by atoms with E-state index in [-0.39, 0.29) is 10.8 Å². The van der Waals surface area contributed by atoms with Crippen LogP contribution in [0.3, 0.4) is 0 Å². The molecule has 1 nitrogen and oxygen atoms in total. The minimum absolute atomic E-state index is 0.102. The molecule has 0 saturated heterocycles. The second-order valence-electron chi connectivity index (χ2n) is 7.50. The molecule has 1 aromatic heterocycles. The van der Waals surface area contributed by atoms with Crippen molar-refractivity contribution in [1.29, 1.82) is 0 Å². The van der Waals surface area contributed by atoms with Gasteiger partial charge >= 0.3 is 0 Å². The van der Waals surface area contributed by atoms with Gasteiger partial charge in [-0.3, -0.25) is 4.98 Å². The number of nitrogens with zero attached hydrogens (tertiary/aromatic N) is 1. The van der Waals surface area contributed by atoms with Gasteiger partial charge < -0.3 is 0 Å². The number of rotatable bonds is 0. The molecule has 0 unspecified atom stereocenters. The zero-order valence-corrected chi connectivity index (χ0v) is 13.3. The van der Waals surface area contributed by atoms with Gasteiger partial charge in [0.1, 0.15) is 0 Å². The number of aromatic nitrogens is 1. The van der Waals surface area contributed by atoms with E-state index in [0.29, 0.717) is 0 Å². The molecule has 0 bridgehead atoms. The lowest BCUT2D eigenvalue weighted by atomic mass is 9.82. The van der Waals surface area contributed by atoms with E-state index in [9.17, 15) is 0 Å². The Morgan fingerprint density at radius 3 is 1.95 bits per heavy atom. The number of fused-ring (bicyclic) bond motifs is 1. The summed E-state index contributed by atoms with van der Waals surface area (Å²) >= 11 is 0. The predicted octanol–water partition coefficient (Wildman–Crippen LogP) is 5.14. The van der Waals surface area contributed by atoms with Crippen LogP contribution in [-0.4, -0.2) is 4.98 Å². The van der Waals surface area contributed by atoms with Crippen LogP contribution in [0.2, 0.25) is 0 Å². The van der Waals surface area contributed by atoms with Crippen LogP contribution in [0.5, 0.6) is 0 Å². The van der Waals surface area contributed by atoms with Gasteiger partial charge in [-0.2, -0.15) is 0 Å². The van der Waals surface area contributed by atoms with E-state index in [4.69, 9.17) is 4.98 Å². The van der Waals surface area contributed by atoms with Crippen LogP contribution >= 0.6 is 0 Å². The zero-order valence-electron chi connectivity index (χ0n) is 13.3. The van der Waals surface area contributed by atoms with Gasteiger partial charge in [0.2, 0.25) is 0 Å². The van der Waals surface area contributed by atoms with Crippen molar-refractivity contribution in [2.75, 3.05) is 0 Å². The maximum Gasteiger partial charge on any atom is 0.0708 e. The summed E-state index contributed by atoms with van der Waals surface area (Å²) in [6, 6.07) is 8.80. The summed E-state index contributed by atoms with van der Waals surface area (Å²) < 4.78 is 0. The summed E-state index contributed by atoms with van der Waals surface area (Å²) in [4.78, 5) is 4.83. The summed E-state index contributed by atoms with van der Waals surface area (Å²) in [7, 11) is 0. The lowest BCUT2D eigenvalue weighted by Gasteiger charge is -2.23. The second-order valence-corrected chi connectivity index (χ2v) is 7.50. The lowest BCUT2D eigenvalue weighted by molar-refractivity contribution is 0.571. The van der Waals surface area contributed by atoms with Crippen LogP contribution in [0.1, 0.15) is 58.4 Å². The highest BCUT2D eigenvalue weighted by atomic mass is 14.7. The molecule has 1 aromatic carbocycles. The number of hydrogen-bond acceptors (Lipinski definition) is 1. The van der Waals surface area contributed by atoms with E-state index in [1.54, 1.807) is 0 Å². The number of benzene rings is 1. The predicted molar refractivity (Wildman–Crippen MR) is 83.9 cm³/mol. The summed E-state index contributed by atoms with van der Waals surface area (Å²) in [5, 5.41) is 1.28. The van der Waals surface area contributed by atoms with Crippen LogP contribution in [0.25, 0.3) is 10.9 Å². The van der Waals surface area contributed by atoms with Gasteiger partial charge in [-0.15, -0.1) is 0 Å². The van der Waals surface area contributed by atoms with Crippen molar-refractivity contribution < 1.29 is 0 Å². The molecule has 2 aromatic rings. The average molecular weight is 255 g/mol. The Morgan fingerprint density at radius 1 is 0.789 bits per heavy atom. The van der Waals surface area contributed by atoms with Gasteiger partial charge in [0.15, 0.2) is 0 Å². The molecule has 102 valence electrons. The topological polar surface area (TPSA) is 12.9 Å². The standard InChI is InChI=1S/C18H25N/c1-12-13-8-11-16(18(5,6)7)19-15(13)10-9-14(12)17(2,3)4/h8-11H,1-7H3. The number of hydrogen-bond donors (Lipinski definition) is 0. The highest BCUT2D eigenvalue weighted by molar-refractivity contribution is 5.83. The second kappa shape index (κ2) is 4.33. The summed E-state index contributed by atoms with van der Waals surface area (Å²) in [6.45, 7) is 15.6. The molecular formula is C18H25N. The Labute approximate surface area is 117 Å². The van der Waals surface area contributed by atoms with Gasteiger partial charge in [0.25, 0.3) is 0 Å². The lowest BCUT2D eigenvalue weighted by Crippen LogP contribution is -2.15. The van der Waals surface area contributed by atoms with Crippen molar-refractivity contribution in [3.8, 4) is 0 Å². The van der Waals surface area contributed by atoms with Gasteiger partial charge in [-0.25, -0.2) is 0 Å². The van der Waals surface area contributed by atoms with Crippen LogP contribution in [0.4, 0.5) is 0 Å². The Hall–Kier alpha value is -1.37. The van der Waals surface area contributed by atoms with E-state index >= 15 is 0 Å². The molecule has 0 aliphatic carbocycles. The van der Waals surface area contributed by atoms with E-state index in [0.717, 1.165) is 11.2 Å². The number of pyridine rings is 1. The van der Waals surface area contributed by atoms with Crippen LogP contribution in [-0.2, 0) is 10.8 Å². The van der Waals surface area contributed by atoms with E-state index in [2.05, 4.69) is 72.7 Å². The summed E-state index contributed by atoms with van der Waals surface area (Å²) in [5.41, 5.74) is 5.32. The van der Waals surface area contributed by atoms with Crippen LogP contribution in [0.15, 0.2) is 24.3 Å². The molecule has 0 aliphatic heterocycles. The minimum Gasteiger partial charge on any atom is -0.252 e. The fourth-order valence-electron chi connectivity index (χ4n) is 2.58. The van der Waals surface area contributed by atoms with Crippen molar-refractivity contribution in [3.05, 3.63) is 41.1 Å². The first-order valence-electron chi connectivity index (χ1n) is 7.02.